The average Bonchev–Trinajstić information content (AvgIpc) is 2.15. The van der Waals surface area contributed by atoms with Gasteiger partial charge in [0.05, 0.1) is 5.56 Å². The highest BCUT2D eigenvalue weighted by atomic mass is 19.4. The summed E-state index contributed by atoms with van der Waals surface area (Å²) in [5.74, 6) is -1.64. The smallest absolute Gasteiger partial charge is 0.366 e. The van der Waals surface area contributed by atoms with E-state index >= 15 is 0 Å². The van der Waals surface area contributed by atoms with E-state index in [-0.39, 0.29) is 12.1 Å². The summed E-state index contributed by atoms with van der Waals surface area (Å²) in [4.78, 5) is 12.6. The lowest BCUT2D eigenvalue weighted by Crippen LogP contribution is -2.18. The lowest BCUT2D eigenvalue weighted by atomic mass is 10.2. The van der Waals surface area contributed by atoms with Crippen molar-refractivity contribution in [2.45, 2.75) is 12.9 Å². The maximum absolute atomic E-state index is 11.8. The number of nitro groups is 1. The van der Waals surface area contributed by atoms with Crippen molar-refractivity contribution in [1.29, 1.82) is 0 Å². The molecule has 0 saturated carbocycles. The number of halogens is 3. The summed E-state index contributed by atoms with van der Waals surface area (Å²) in [7, 11) is 0. The number of aromatic nitrogens is 1. The van der Waals surface area contributed by atoms with Crippen LogP contribution in [0.1, 0.15) is 5.56 Å². The third-order valence-electron chi connectivity index (χ3n) is 1.54. The Bertz CT molecular complexity index is 408. The number of nitrogens with two attached hydrogens (primary N) is 1. The second-order valence-corrected chi connectivity index (χ2v) is 2.64. The Morgan fingerprint density at radius 3 is 2.56 bits per heavy atom. The van der Waals surface area contributed by atoms with Gasteiger partial charge in [0.2, 0.25) is 0 Å². The molecule has 1 heterocycles. The standard InChI is InChI=1S/C7H6F3N3O3/c8-7(9,10)16-5-2-1-4(3-11)6(12-5)13(14)15/h1-2H,3,11H2. The number of pyridine rings is 1. The van der Waals surface area contributed by atoms with Crippen molar-refractivity contribution >= 4 is 5.82 Å². The minimum absolute atomic E-state index is 0.0273. The quantitative estimate of drug-likeness (QED) is 0.632. The zero-order chi connectivity index (χ0) is 12.3. The highest BCUT2D eigenvalue weighted by molar-refractivity contribution is 5.35. The van der Waals surface area contributed by atoms with Gasteiger partial charge in [-0.25, -0.2) is 0 Å². The van der Waals surface area contributed by atoms with Crippen LogP contribution in [0, 0.1) is 10.1 Å². The third-order valence-corrected chi connectivity index (χ3v) is 1.54. The summed E-state index contributed by atoms with van der Waals surface area (Å²) in [5, 5.41) is 10.4. The fraction of sp³-hybridized carbons (Fsp3) is 0.286. The first kappa shape index (κ1) is 12.2. The highest BCUT2D eigenvalue weighted by Crippen LogP contribution is 2.24. The van der Waals surface area contributed by atoms with Crippen LogP contribution in [0.2, 0.25) is 0 Å². The molecule has 0 aliphatic heterocycles. The van der Waals surface area contributed by atoms with Crippen LogP contribution in [0.25, 0.3) is 0 Å². The van der Waals surface area contributed by atoms with Crippen molar-refractivity contribution < 1.29 is 22.8 Å². The number of nitrogens with zero attached hydrogens (tertiary/aromatic N) is 2. The van der Waals surface area contributed by atoms with Gasteiger partial charge < -0.3 is 20.6 Å². The lowest BCUT2D eigenvalue weighted by molar-refractivity contribution is -0.390. The van der Waals surface area contributed by atoms with Crippen molar-refractivity contribution in [3.05, 3.63) is 27.8 Å². The molecule has 9 heteroatoms. The van der Waals surface area contributed by atoms with Gasteiger partial charge in [-0.3, -0.25) is 0 Å². The van der Waals surface area contributed by atoms with Gasteiger partial charge in [-0.05, 0) is 11.0 Å². The van der Waals surface area contributed by atoms with Crippen LogP contribution >= 0.6 is 0 Å². The minimum atomic E-state index is -4.94. The molecule has 0 spiro atoms. The molecule has 1 rings (SSSR count). The number of hydrogen-bond acceptors (Lipinski definition) is 5. The fourth-order valence-electron chi connectivity index (χ4n) is 0.953. The first-order valence-electron chi connectivity index (χ1n) is 3.93. The SMILES string of the molecule is NCc1ccc(OC(F)(F)F)nc1[N+](=O)[O-]. The van der Waals surface area contributed by atoms with E-state index in [9.17, 15) is 23.3 Å². The van der Waals surface area contributed by atoms with E-state index in [2.05, 4.69) is 9.72 Å². The van der Waals surface area contributed by atoms with Crippen LogP contribution in [-0.2, 0) is 6.54 Å². The Morgan fingerprint density at radius 2 is 2.12 bits per heavy atom. The Morgan fingerprint density at radius 1 is 1.50 bits per heavy atom. The maximum Gasteiger partial charge on any atom is 0.575 e. The summed E-state index contributed by atoms with van der Waals surface area (Å²) in [6.45, 7) is -0.199. The van der Waals surface area contributed by atoms with E-state index in [0.29, 0.717) is 0 Å². The van der Waals surface area contributed by atoms with Crippen molar-refractivity contribution in [2.24, 2.45) is 5.73 Å². The molecular formula is C7H6F3N3O3. The van der Waals surface area contributed by atoms with Crippen LogP contribution in [0.3, 0.4) is 0 Å². The van der Waals surface area contributed by atoms with Crippen molar-refractivity contribution in [3.63, 3.8) is 0 Å². The van der Waals surface area contributed by atoms with Crippen LogP contribution in [0.5, 0.6) is 5.88 Å². The molecule has 1 aromatic rings. The molecule has 1 aromatic heterocycles. The van der Waals surface area contributed by atoms with Gasteiger partial charge in [0, 0.05) is 17.6 Å². The molecule has 0 aliphatic rings. The summed E-state index contributed by atoms with van der Waals surface area (Å²) < 4.78 is 38.8. The lowest BCUT2D eigenvalue weighted by Gasteiger charge is -2.05. The van der Waals surface area contributed by atoms with Gasteiger partial charge in [0.1, 0.15) is 0 Å². The Balaban J connectivity index is 3.07. The first-order valence-corrected chi connectivity index (χ1v) is 3.93. The number of alkyl halides is 3. The number of rotatable bonds is 3. The monoisotopic (exact) mass is 237 g/mol. The molecule has 0 atom stereocenters. The van der Waals surface area contributed by atoms with Crippen LogP contribution in [0.4, 0.5) is 19.0 Å². The van der Waals surface area contributed by atoms with Crippen LogP contribution in [-0.4, -0.2) is 16.3 Å². The average molecular weight is 237 g/mol. The molecular weight excluding hydrogens is 231 g/mol. The zero-order valence-electron chi connectivity index (χ0n) is 7.69. The molecule has 0 aromatic carbocycles. The van der Waals surface area contributed by atoms with Crippen LogP contribution in [0.15, 0.2) is 12.1 Å². The predicted octanol–water partition coefficient (Wildman–Crippen LogP) is 1.35. The second kappa shape index (κ2) is 4.31. The number of hydrogen-bond donors (Lipinski definition) is 1. The van der Waals surface area contributed by atoms with Gasteiger partial charge >= 0.3 is 18.1 Å². The van der Waals surface area contributed by atoms with Crippen molar-refractivity contribution in [2.75, 3.05) is 0 Å². The molecule has 2 N–H and O–H groups in total. The Labute approximate surface area is 87.0 Å². The largest absolute Gasteiger partial charge is 0.575 e. The summed E-state index contributed by atoms with van der Waals surface area (Å²) >= 11 is 0. The third kappa shape index (κ3) is 3.05. The predicted molar refractivity (Wildman–Crippen MR) is 45.5 cm³/mol. The molecule has 0 fully saturated rings. The summed E-state index contributed by atoms with van der Waals surface area (Å²) in [5.41, 5.74) is 5.19. The van der Waals surface area contributed by atoms with Crippen LogP contribution < -0.4 is 10.5 Å². The normalized spacial score (nSPS) is 11.2. The second-order valence-electron chi connectivity index (χ2n) is 2.64. The fourth-order valence-corrected chi connectivity index (χ4v) is 0.953. The Hall–Kier alpha value is -1.90. The molecule has 88 valence electrons. The van der Waals surface area contributed by atoms with E-state index in [1.165, 1.54) is 0 Å². The molecule has 6 nitrogen and oxygen atoms in total. The minimum Gasteiger partial charge on any atom is -0.366 e. The van der Waals surface area contributed by atoms with Gasteiger partial charge in [0.15, 0.2) is 0 Å². The van der Waals surface area contributed by atoms with E-state index in [0.717, 1.165) is 12.1 Å². The van der Waals surface area contributed by atoms with Gasteiger partial charge in [-0.2, -0.15) is 0 Å². The first-order chi connectivity index (χ1) is 7.33. The van der Waals surface area contributed by atoms with Crippen molar-refractivity contribution in [3.8, 4) is 5.88 Å². The maximum atomic E-state index is 11.8. The summed E-state index contributed by atoms with van der Waals surface area (Å²) in [6.07, 6.45) is -4.94. The van der Waals surface area contributed by atoms with E-state index < -0.39 is 23.0 Å². The Kier molecular flexibility index (Phi) is 3.28. The molecule has 0 unspecified atom stereocenters. The van der Waals surface area contributed by atoms with Gasteiger partial charge in [-0.15, -0.1) is 13.2 Å². The van der Waals surface area contributed by atoms with E-state index in [4.69, 9.17) is 5.73 Å². The molecule has 0 saturated heterocycles. The molecule has 16 heavy (non-hydrogen) atoms. The molecule has 0 radical (unpaired) electrons. The van der Waals surface area contributed by atoms with Crippen molar-refractivity contribution in [1.82, 2.24) is 4.98 Å². The van der Waals surface area contributed by atoms with Gasteiger partial charge in [0.25, 0.3) is 0 Å². The zero-order valence-corrected chi connectivity index (χ0v) is 7.69. The molecule has 0 aliphatic carbocycles. The van der Waals surface area contributed by atoms with E-state index in [1.807, 2.05) is 0 Å². The van der Waals surface area contributed by atoms with Gasteiger partial charge in [-0.1, -0.05) is 0 Å². The topological polar surface area (TPSA) is 91.3 Å². The molecule has 0 amide bonds. The summed E-state index contributed by atoms with van der Waals surface area (Å²) in [6, 6.07) is 1.93. The number of ether oxygens (including phenoxy) is 1. The molecule has 0 bridgehead atoms. The van der Waals surface area contributed by atoms with E-state index in [1.54, 1.807) is 0 Å². The highest BCUT2D eigenvalue weighted by Gasteiger charge is 2.34.